The van der Waals surface area contributed by atoms with E-state index in [-0.39, 0.29) is 0 Å². The number of imidazole rings is 1. The lowest BCUT2D eigenvalue weighted by atomic mass is 10.2. The van der Waals surface area contributed by atoms with Crippen LogP contribution in [0.5, 0.6) is 0 Å². The highest BCUT2D eigenvalue weighted by molar-refractivity contribution is 5.79. The maximum absolute atomic E-state index is 10.8. The molecule has 6 nitrogen and oxygen atoms in total. The highest BCUT2D eigenvalue weighted by atomic mass is 16.4. The zero-order chi connectivity index (χ0) is 10.7. The smallest absolute Gasteiger partial charge is 0.327 e. The second kappa shape index (κ2) is 3.91. The lowest BCUT2D eigenvalue weighted by molar-refractivity contribution is -0.147. The highest BCUT2D eigenvalue weighted by Gasteiger charge is 2.23. The summed E-state index contributed by atoms with van der Waals surface area (Å²) in [6.45, 7) is 1.62. The van der Waals surface area contributed by atoms with Crippen LogP contribution in [0.4, 0.5) is 0 Å². The number of carbonyl (C=O) groups is 2. The minimum absolute atomic E-state index is 0.452. The Bertz CT molecular complexity index is 358. The molecule has 0 fully saturated rings. The standard InChI is InChI=1S/C8H10N2O4/c1-5-9-2-3-10(5)6(8(13)14)4-7(11)12/h2-3,6H,4H2,1H3,(H,11,12)(H,13,14). The summed E-state index contributed by atoms with van der Waals surface area (Å²) in [5.74, 6) is -1.84. The number of nitrogens with zero attached hydrogens (tertiary/aromatic N) is 2. The third-order valence-corrected chi connectivity index (χ3v) is 1.85. The van der Waals surface area contributed by atoms with Crippen LogP contribution in [-0.2, 0) is 9.59 Å². The van der Waals surface area contributed by atoms with Crippen LogP contribution in [0.15, 0.2) is 12.4 Å². The Labute approximate surface area is 79.8 Å². The first-order valence-corrected chi connectivity index (χ1v) is 3.96. The molecule has 0 spiro atoms. The number of aryl methyl sites for hydroxylation is 1. The van der Waals surface area contributed by atoms with E-state index in [2.05, 4.69) is 4.98 Å². The SMILES string of the molecule is Cc1nccn1C(CC(=O)O)C(=O)O. The molecule has 0 aliphatic rings. The molecular weight excluding hydrogens is 188 g/mol. The Balaban J connectivity index is 2.94. The molecule has 6 heteroatoms. The number of hydrogen-bond acceptors (Lipinski definition) is 3. The van der Waals surface area contributed by atoms with Crippen LogP contribution in [0.2, 0.25) is 0 Å². The van der Waals surface area contributed by atoms with Crippen molar-refractivity contribution in [3.63, 3.8) is 0 Å². The van der Waals surface area contributed by atoms with Crippen molar-refractivity contribution in [2.24, 2.45) is 0 Å². The van der Waals surface area contributed by atoms with Crippen LogP contribution in [0, 0.1) is 6.92 Å². The molecule has 0 saturated heterocycles. The van der Waals surface area contributed by atoms with Crippen LogP contribution < -0.4 is 0 Å². The first kappa shape index (κ1) is 10.2. The van der Waals surface area contributed by atoms with Crippen LogP contribution in [0.1, 0.15) is 18.3 Å². The maximum atomic E-state index is 10.8. The third-order valence-electron chi connectivity index (χ3n) is 1.85. The molecular formula is C8H10N2O4. The number of carboxylic acid groups (broad SMARTS) is 2. The molecule has 14 heavy (non-hydrogen) atoms. The number of carboxylic acids is 2. The Morgan fingerprint density at radius 2 is 2.21 bits per heavy atom. The van der Waals surface area contributed by atoms with Gasteiger partial charge in [-0.3, -0.25) is 4.79 Å². The molecule has 1 unspecified atom stereocenters. The van der Waals surface area contributed by atoms with Gasteiger partial charge in [0.1, 0.15) is 11.9 Å². The quantitative estimate of drug-likeness (QED) is 0.725. The monoisotopic (exact) mass is 198 g/mol. The minimum Gasteiger partial charge on any atom is -0.481 e. The van der Waals surface area contributed by atoms with Gasteiger partial charge in [0.05, 0.1) is 6.42 Å². The summed E-state index contributed by atoms with van der Waals surface area (Å²) in [4.78, 5) is 25.0. The van der Waals surface area contributed by atoms with Crippen molar-refractivity contribution in [3.05, 3.63) is 18.2 Å². The molecule has 0 saturated carbocycles. The number of rotatable bonds is 4. The first-order chi connectivity index (χ1) is 6.52. The Morgan fingerprint density at radius 1 is 1.57 bits per heavy atom. The molecule has 1 rings (SSSR count). The molecule has 1 aromatic heterocycles. The average molecular weight is 198 g/mol. The average Bonchev–Trinajstić information content (AvgIpc) is 2.46. The first-order valence-electron chi connectivity index (χ1n) is 3.96. The summed E-state index contributed by atoms with van der Waals surface area (Å²) in [7, 11) is 0. The van der Waals surface area contributed by atoms with E-state index in [4.69, 9.17) is 10.2 Å². The van der Waals surface area contributed by atoms with Gasteiger partial charge in [-0.2, -0.15) is 0 Å². The fourth-order valence-corrected chi connectivity index (χ4v) is 1.19. The summed E-state index contributed by atoms with van der Waals surface area (Å²) in [6, 6.07) is -1.09. The molecule has 1 aromatic rings. The van der Waals surface area contributed by atoms with Crippen LogP contribution in [0.3, 0.4) is 0 Å². The predicted octanol–water partition coefficient (Wildman–Crippen LogP) is 0.292. The predicted molar refractivity (Wildman–Crippen MR) is 45.9 cm³/mol. The molecule has 0 bridgehead atoms. The van der Waals surface area contributed by atoms with E-state index in [1.807, 2.05) is 0 Å². The topological polar surface area (TPSA) is 92.4 Å². The second-order valence-electron chi connectivity index (χ2n) is 2.83. The largest absolute Gasteiger partial charge is 0.481 e. The molecule has 0 aliphatic carbocycles. The zero-order valence-corrected chi connectivity index (χ0v) is 7.54. The third kappa shape index (κ3) is 2.09. The van der Waals surface area contributed by atoms with Crippen molar-refractivity contribution in [2.75, 3.05) is 0 Å². The van der Waals surface area contributed by atoms with E-state index in [1.54, 1.807) is 6.92 Å². The van der Waals surface area contributed by atoms with Gasteiger partial charge in [0, 0.05) is 12.4 Å². The summed E-state index contributed by atoms with van der Waals surface area (Å²) in [6.07, 6.45) is 2.44. The lowest BCUT2D eigenvalue weighted by Gasteiger charge is -2.12. The summed E-state index contributed by atoms with van der Waals surface area (Å²) in [5.41, 5.74) is 0. The van der Waals surface area contributed by atoms with Crippen LogP contribution in [0.25, 0.3) is 0 Å². The van der Waals surface area contributed by atoms with E-state index in [9.17, 15) is 9.59 Å². The molecule has 76 valence electrons. The Kier molecular flexibility index (Phi) is 2.85. The minimum atomic E-state index is -1.17. The normalized spacial score (nSPS) is 12.4. The molecule has 1 heterocycles. The van der Waals surface area contributed by atoms with E-state index in [0.717, 1.165) is 0 Å². The van der Waals surface area contributed by atoms with E-state index >= 15 is 0 Å². The highest BCUT2D eigenvalue weighted by Crippen LogP contribution is 2.13. The zero-order valence-electron chi connectivity index (χ0n) is 7.54. The maximum Gasteiger partial charge on any atom is 0.327 e. The summed E-state index contributed by atoms with van der Waals surface area (Å²) < 4.78 is 1.33. The summed E-state index contributed by atoms with van der Waals surface area (Å²) >= 11 is 0. The fourth-order valence-electron chi connectivity index (χ4n) is 1.19. The van der Waals surface area contributed by atoms with Crippen LogP contribution >= 0.6 is 0 Å². The van der Waals surface area contributed by atoms with Gasteiger partial charge in [-0.05, 0) is 6.92 Å². The molecule has 0 amide bonds. The van der Waals surface area contributed by atoms with E-state index in [1.165, 1.54) is 17.0 Å². The van der Waals surface area contributed by atoms with Crippen molar-refractivity contribution in [1.82, 2.24) is 9.55 Å². The number of hydrogen-bond donors (Lipinski definition) is 2. The van der Waals surface area contributed by atoms with Crippen molar-refractivity contribution >= 4 is 11.9 Å². The lowest BCUT2D eigenvalue weighted by Crippen LogP contribution is -2.22. The van der Waals surface area contributed by atoms with Crippen molar-refractivity contribution in [3.8, 4) is 0 Å². The van der Waals surface area contributed by atoms with Crippen molar-refractivity contribution in [2.45, 2.75) is 19.4 Å². The van der Waals surface area contributed by atoms with Crippen molar-refractivity contribution < 1.29 is 19.8 Å². The van der Waals surface area contributed by atoms with Crippen molar-refractivity contribution in [1.29, 1.82) is 0 Å². The fraction of sp³-hybridized carbons (Fsp3) is 0.375. The Hall–Kier alpha value is -1.85. The Morgan fingerprint density at radius 3 is 2.57 bits per heavy atom. The van der Waals surface area contributed by atoms with Gasteiger partial charge in [0.25, 0.3) is 0 Å². The van der Waals surface area contributed by atoms with Gasteiger partial charge in [0.15, 0.2) is 0 Å². The second-order valence-corrected chi connectivity index (χ2v) is 2.83. The molecule has 0 aliphatic heterocycles. The molecule has 0 radical (unpaired) electrons. The molecule has 1 atom stereocenters. The number of aromatic nitrogens is 2. The van der Waals surface area contributed by atoms with Gasteiger partial charge in [-0.1, -0.05) is 0 Å². The van der Waals surface area contributed by atoms with E-state index in [0.29, 0.717) is 5.82 Å². The van der Waals surface area contributed by atoms with Gasteiger partial charge >= 0.3 is 11.9 Å². The van der Waals surface area contributed by atoms with Gasteiger partial charge in [0.2, 0.25) is 0 Å². The van der Waals surface area contributed by atoms with E-state index < -0.39 is 24.4 Å². The van der Waals surface area contributed by atoms with Gasteiger partial charge in [-0.25, -0.2) is 9.78 Å². The summed E-state index contributed by atoms with van der Waals surface area (Å²) in [5, 5.41) is 17.3. The van der Waals surface area contributed by atoms with Gasteiger partial charge in [-0.15, -0.1) is 0 Å². The van der Waals surface area contributed by atoms with Gasteiger partial charge < -0.3 is 14.8 Å². The molecule has 0 aromatic carbocycles. The van der Waals surface area contributed by atoms with Crippen LogP contribution in [-0.4, -0.2) is 31.7 Å². The number of aliphatic carboxylic acids is 2. The molecule has 2 N–H and O–H groups in total.